The van der Waals surface area contributed by atoms with Crippen molar-refractivity contribution in [3.05, 3.63) is 0 Å². The topological polar surface area (TPSA) is 61.5 Å². The molecule has 0 bridgehead atoms. The van der Waals surface area contributed by atoms with E-state index in [0.717, 1.165) is 12.8 Å². The quantitative estimate of drug-likeness (QED) is 0.632. The molecule has 2 atom stereocenters. The number of carbonyl (C=O) groups excluding carboxylic acids is 1. The molecule has 0 saturated carbocycles. The minimum Gasteiger partial charge on any atom is -0.469 e. The number of methoxy groups -OCH3 is 1. The fourth-order valence-electron chi connectivity index (χ4n) is 1.56. The summed E-state index contributed by atoms with van der Waals surface area (Å²) in [7, 11) is 1.40. The molecule has 0 spiro atoms. The summed E-state index contributed by atoms with van der Waals surface area (Å²) in [6.07, 6.45) is 2.11. The number of nitrogens with two attached hydrogens (primary N) is 1. The van der Waals surface area contributed by atoms with Gasteiger partial charge >= 0.3 is 5.97 Å². The Kier molecular flexibility index (Phi) is 4.18. The molecule has 2 N–H and O–H groups in total. The molecule has 2 unspecified atom stereocenters. The van der Waals surface area contributed by atoms with E-state index in [2.05, 4.69) is 4.74 Å². The van der Waals surface area contributed by atoms with E-state index in [0.29, 0.717) is 19.6 Å². The van der Waals surface area contributed by atoms with Crippen molar-refractivity contribution >= 4 is 5.97 Å². The summed E-state index contributed by atoms with van der Waals surface area (Å²) >= 11 is 0. The number of rotatable bonds is 2. The van der Waals surface area contributed by atoms with Crippen LogP contribution in [0.2, 0.25) is 0 Å². The van der Waals surface area contributed by atoms with Gasteiger partial charge in [-0.3, -0.25) is 4.79 Å². The predicted molar refractivity (Wildman–Crippen MR) is 48.2 cm³/mol. The smallest absolute Gasteiger partial charge is 0.305 e. The van der Waals surface area contributed by atoms with Gasteiger partial charge in [-0.2, -0.15) is 0 Å². The maximum absolute atomic E-state index is 11.0. The summed E-state index contributed by atoms with van der Waals surface area (Å²) in [6.45, 7) is 1.41. The minimum atomic E-state index is -0.178. The van der Waals surface area contributed by atoms with Crippen molar-refractivity contribution in [2.45, 2.75) is 25.3 Å². The molecule has 1 aliphatic heterocycles. The highest BCUT2D eigenvalue weighted by atomic mass is 16.5. The Labute approximate surface area is 78.4 Å². The van der Waals surface area contributed by atoms with Crippen molar-refractivity contribution in [2.24, 2.45) is 11.7 Å². The fourth-order valence-corrected chi connectivity index (χ4v) is 1.56. The number of hydrogen-bond acceptors (Lipinski definition) is 4. The van der Waals surface area contributed by atoms with Crippen LogP contribution in [0.25, 0.3) is 0 Å². The first-order valence-electron chi connectivity index (χ1n) is 4.64. The molecule has 0 radical (unpaired) electrons. The van der Waals surface area contributed by atoms with Crippen molar-refractivity contribution in [1.82, 2.24) is 0 Å². The zero-order chi connectivity index (χ0) is 9.68. The van der Waals surface area contributed by atoms with Crippen LogP contribution in [0.4, 0.5) is 0 Å². The Morgan fingerprint density at radius 2 is 2.23 bits per heavy atom. The van der Waals surface area contributed by atoms with Gasteiger partial charge in [0.25, 0.3) is 0 Å². The second-order valence-corrected chi connectivity index (χ2v) is 3.39. The van der Waals surface area contributed by atoms with Gasteiger partial charge in [0, 0.05) is 25.7 Å². The molecule has 1 fully saturated rings. The minimum absolute atomic E-state index is 0.0709. The Morgan fingerprint density at radius 1 is 1.54 bits per heavy atom. The molecule has 4 nitrogen and oxygen atoms in total. The SMILES string of the molecule is COC(=O)CC1CCOCCC1N. The highest BCUT2D eigenvalue weighted by molar-refractivity contribution is 5.69. The lowest BCUT2D eigenvalue weighted by molar-refractivity contribution is -0.141. The molecule has 1 heterocycles. The maximum atomic E-state index is 11.0. The molecule has 4 heteroatoms. The molecule has 0 aromatic rings. The van der Waals surface area contributed by atoms with Gasteiger partial charge < -0.3 is 15.2 Å². The number of esters is 1. The molecule has 13 heavy (non-hydrogen) atoms. The first kappa shape index (κ1) is 10.5. The van der Waals surface area contributed by atoms with Crippen molar-refractivity contribution in [3.8, 4) is 0 Å². The average molecular weight is 187 g/mol. The van der Waals surface area contributed by atoms with Crippen LogP contribution in [0, 0.1) is 5.92 Å². The highest BCUT2D eigenvalue weighted by Crippen LogP contribution is 2.18. The van der Waals surface area contributed by atoms with E-state index in [-0.39, 0.29) is 17.9 Å². The van der Waals surface area contributed by atoms with Gasteiger partial charge in [0.15, 0.2) is 0 Å². The monoisotopic (exact) mass is 187 g/mol. The van der Waals surface area contributed by atoms with E-state index in [1.807, 2.05) is 0 Å². The van der Waals surface area contributed by atoms with Crippen molar-refractivity contribution in [2.75, 3.05) is 20.3 Å². The molecule has 0 aromatic heterocycles. The van der Waals surface area contributed by atoms with Gasteiger partial charge in [-0.05, 0) is 18.8 Å². The van der Waals surface area contributed by atoms with E-state index in [9.17, 15) is 4.79 Å². The Bertz CT molecular complexity index is 172. The third-order valence-electron chi connectivity index (χ3n) is 2.49. The van der Waals surface area contributed by atoms with E-state index in [1.165, 1.54) is 7.11 Å². The van der Waals surface area contributed by atoms with Gasteiger partial charge in [-0.25, -0.2) is 0 Å². The van der Waals surface area contributed by atoms with Crippen LogP contribution < -0.4 is 5.73 Å². The van der Waals surface area contributed by atoms with Crippen LogP contribution in [0.5, 0.6) is 0 Å². The lowest BCUT2D eigenvalue weighted by Gasteiger charge is -2.18. The first-order valence-corrected chi connectivity index (χ1v) is 4.64. The lowest BCUT2D eigenvalue weighted by atomic mass is 9.92. The molecular weight excluding hydrogens is 170 g/mol. The van der Waals surface area contributed by atoms with Crippen LogP contribution in [0.3, 0.4) is 0 Å². The van der Waals surface area contributed by atoms with Crippen LogP contribution in [-0.4, -0.2) is 32.3 Å². The molecule has 76 valence electrons. The summed E-state index contributed by atoms with van der Waals surface area (Å²) < 4.78 is 9.89. The first-order chi connectivity index (χ1) is 6.24. The molecule has 1 aliphatic rings. The Morgan fingerprint density at radius 3 is 2.92 bits per heavy atom. The third-order valence-corrected chi connectivity index (χ3v) is 2.49. The number of ether oxygens (including phenoxy) is 2. The third kappa shape index (κ3) is 3.32. The van der Waals surface area contributed by atoms with E-state index in [1.54, 1.807) is 0 Å². The van der Waals surface area contributed by atoms with E-state index >= 15 is 0 Å². The van der Waals surface area contributed by atoms with Crippen molar-refractivity contribution < 1.29 is 14.3 Å². The number of carbonyl (C=O) groups is 1. The number of hydrogen-bond donors (Lipinski definition) is 1. The molecule has 0 aromatic carbocycles. The summed E-state index contributed by atoms with van der Waals surface area (Å²) in [5.41, 5.74) is 5.89. The van der Waals surface area contributed by atoms with Crippen LogP contribution in [0.15, 0.2) is 0 Å². The zero-order valence-corrected chi connectivity index (χ0v) is 7.99. The summed E-state index contributed by atoms with van der Waals surface area (Å²) in [4.78, 5) is 11.0. The molecular formula is C9H17NO3. The van der Waals surface area contributed by atoms with Gasteiger partial charge in [0.05, 0.1) is 7.11 Å². The molecule has 1 saturated heterocycles. The highest BCUT2D eigenvalue weighted by Gasteiger charge is 2.23. The van der Waals surface area contributed by atoms with Crippen LogP contribution in [0.1, 0.15) is 19.3 Å². The largest absolute Gasteiger partial charge is 0.469 e. The Hall–Kier alpha value is -0.610. The van der Waals surface area contributed by atoms with Gasteiger partial charge in [0.2, 0.25) is 0 Å². The second kappa shape index (κ2) is 5.19. The second-order valence-electron chi connectivity index (χ2n) is 3.39. The average Bonchev–Trinajstić information content (AvgIpc) is 2.32. The molecule has 0 aliphatic carbocycles. The van der Waals surface area contributed by atoms with Crippen molar-refractivity contribution in [3.63, 3.8) is 0 Å². The van der Waals surface area contributed by atoms with Gasteiger partial charge in [-0.15, -0.1) is 0 Å². The van der Waals surface area contributed by atoms with Crippen LogP contribution in [-0.2, 0) is 14.3 Å². The predicted octanol–water partition coefficient (Wildman–Crippen LogP) is 0.303. The maximum Gasteiger partial charge on any atom is 0.305 e. The van der Waals surface area contributed by atoms with Gasteiger partial charge in [-0.1, -0.05) is 0 Å². The van der Waals surface area contributed by atoms with E-state index in [4.69, 9.17) is 10.5 Å². The Balaban J connectivity index is 2.40. The normalized spacial score (nSPS) is 29.4. The van der Waals surface area contributed by atoms with E-state index < -0.39 is 0 Å². The summed E-state index contributed by atoms with van der Waals surface area (Å²) in [6, 6.07) is 0.0709. The lowest BCUT2D eigenvalue weighted by Crippen LogP contribution is -2.31. The summed E-state index contributed by atoms with van der Waals surface area (Å²) in [5.74, 6) is 0.0392. The molecule has 0 amide bonds. The molecule has 1 rings (SSSR count). The zero-order valence-electron chi connectivity index (χ0n) is 7.99. The van der Waals surface area contributed by atoms with Gasteiger partial charge in [0.1, 0.15) is 0 Å². The fraction of sp³-hybridized carbons (Fsp3) is 0.889. The summed E-state index contributed by atoms with van der Waals surface area (Å²) in [5, 5.41) is 0. The van der Waals surface area contributed by atoms with Crippen LogP contribution >= 0.6 is 0 Å². The van der Waals surface area contributed by atoms with Crippen molar-refractivity contribution in [1.29, 1.82) is 0 Å². The standard InChI is InChI=1S/C9H17NO3/c1-12-9(11)6-7-2-4-13-5-3-8(7)10/h7-8H,2-6,10H2,1H3.